The number of nitrogens with zero attached hydrogens (tertiary/aromatic N) is 1. The van der Waals surface area contributed by atoms with Gasteiger partial charge in [0.2, 0.25) is 21.8 Å². The Morgan fingerprint density at radius 3 is 2.35 bits per heavy atom. The number of benzene rings is 2. The van der Waals surface area contributed by atoms with Crippen LogP contribution in [0.3, 0.4) is 0 Å². The van der Waals surface area contributed by atoms with Gasteiger partial charge in [0, 0.05) is 37.3 Å². The molecule has 0 unspecified atom stereocenters. The molecule has 0 saturated heterocycles. The lowest BCUT2D eigenvalue weighted by molar-refractivity contribution is -0.117. The van der Waals surface area contributed by atoms with E-state index in [1.807, 2.05) is 39.8 Å². The Kier molecular flexibility index (Phi) is 6.52. The largest absolute Gasteiger partial charge is 0.326 e. The van der Waals surface area contributed by atoms with Crippen molar-refractivity contribution >= 4 is 33.2 Å². The number of hydrogen-bond acceptors (Lipinski definition) is 4. The SMILES string of the molecule is CC(=O)N1c2ccc(S(=O)(=O)NCCC(=O)Nc3c(C)cc(C)cc3C)cc2C[C@H]1C. The highest BCUT2D eigenvalue weighted by Gasteiger charge is 2.30. The van der Waals surface area contributed by atoms with E-state index in [0.717, 1.165) is 33.6 Å². The number of anilines is 2. The molecule has 2 N–H and O–H groups in total. The predicted molar refractivity (Wildman–Crippen MR) is 122 cm³/mol. The quantitative estimate of drug-likeness (QED) is 0.717. The smallest absolute Gasteiger partial charge is 0.240 e. The van der Waals surface area contributed by atoms with Crippen LogP contribution in [0.1, 0.15) is 42.5 Å². The molecule has 3 rings (SSSR count). The molecule has 2 aromatic carbocycles. The van der Waals surface area contributed by atoms with Crippen LogP contribution in [0.2, 0.25) is 0 Å². The summed E-state index contributed by atoms with van der Waals surface area (Å²) in [5, 5.41) is 2.87. The second kappa shape index (κ2) is 8.80. The van der Waals surface area contributed by atoms with E-state index in [0.29, 0.717) is 6.42 Å². The molecule has 31 heavy (non-hydrogen) atoms. The van der Waals surface area contributed by atoms with E-state index >= 15 is 0 Å². The summed E-state index contributed by atoms with van der Waals surface area (Å²) < 4.78 is 27.9. The molecule has 0 aliphatic carbocycles. The van der Waals surface area contributed by atoms with Gasteiger partial charge in [0.15, 0.2) is 0 Å². The number of rotatable bonds is 6. The number of aryl methyl sites for hydroxylation is 3. The van der Waals surface area contributed by atoms with Gasteiger partial charge in [-0.05, 0) is 69.0 Å². The van der Waals surface area contributed by atoms with Crippen molar-refractivity contribution in [3.63, 3.8) is 0 Å². The van der Waals surface area contributed by atoms with E-state index in [2.05, 4.69) is 10.0 Å². The molecule has 0 aromatic heterocycles. The summed E-state index contributed by atoms with van der Waals surface area (Å²) >= 11 is 0. The summed E-state index contributed by atoms with van der Waals surface area (Å²) in [6.45, 7) is 9.29. The van der Waals surface area contributed by atoms with Gasteiger partial charge in [0.05, 0.1) is 4.90 Å². The molecule has 0 bridgehead atoms. The zero-order chi connectivity index (χ0) is 22.9. The van der Waals surface area contributed by atoms with Crippen molar-refractivity contribution in [1.82, 2.24) is 4.72 Å². The molecule has 1 aliphatic heterocycles. The number of carbonyl (C=O) groups is 2. The molecular weight excluding hydrogens is 414 g/mol. The maximum absolute atomic E-state index is 12.7. The Morgan fingerprint density at radius 1 is 1.10 bits per heavy atom. The molecule has 1 atom stereocenters. The number of carbonyl (C=O) groups excluding carboxylic acids is 2. The van der Waals surface area contributed by atoms with Crippen LogP contribution in [0.15, 0.2) is 35.2 Å². The summed E-state index contributed by atoms with van der Waals surface area (Å²) in [5.74, 6) is -0.317. The van der Waals surface area contributed by atoms with Crippen molar-refractivity contribution in [1.29, 1.82) is 0 Å². The zero-order valence-electron chi connectivity index (χ0n) is 18.6. The van der Waals surface area contributed by atoms with E-state index in [1.54, 1.807) is 17.0 Å². The van der Waals surface area contributed by atoms with Crippen LogP contribution in [0.5, 0.6) is 0 Å². The van der Waals surface area contributed by atoms with Crippen LogP contribution in [0.25, 0.3) is 0 Å². The van der Waals surface area contributed by atoms with E-state index in [-0.39, 0.29) is 35.7 Å². The molecule has 7 nitrogen and oxygen atoms in total. The van der Waals surface area contributed by atoms with Crippen molar-refractivity contribution in [3.05, 3.63) is 52.6 Å². The van der Waals surface area contributed by atoms with Crippen LogP contribution >= 0.6 is 0 Å². The first-order valence-electron chi connectivity index (χ1n) is 10.3. The fourth-order valence-electron chi connectivity index (χ4n) is 4.22. The molecule has 2 amide bonds. The third-order valence-electron chi connectivity index (χ3n) is 5.50. The van der Waals surface area contributed by atoms with E-state index in [1.165, 1.54) is 13.0 Å². The minimum absolute atomic E-state index is 0.00389. The lowest BCUT2D eigenvalue weighted by Crippen LogP contribution is -2.33. The minimum Gasteiger partial charge on any atom is -0.326 e. The van der Waals surface area contributed by atoms with Crippen LogP contribution in [0, 0.1) is 20.8 Å². The standard InChI is InChI=1S/C23H29N3O4S/c1-14-10-15(2)23(16(3)11-14)25-22(28)8-9-24-31(29,30)20-6-7-21-19(13-20)12-17(4)26(21)18(5)27/h6-7,10-11,13,17,24H,8-9,12H2,1-5H3,(H,25,28)/t17-/m1/s1. The number of fused-ring (bicyclic) bond motifs is 1. The number of nitrogens with one attached hydrogen (secondary N) is 2. The topological polar surface area (TPSA) is 95.6 Å². The van der Waals surface area contributed by atoms with Gasteiger partial charge >= 0.3 is 0 Å². The Hall–Kier alpha value is -2.71. The third-order valence-corrected chi connectivity index (χ3v) is 6.96. The predicted octanol–water partition coefficient (Wildman–Crippen LogP) is 3.22. The van der Waals surface area contributed by atoms with Gasteiger partial charge in [-0.25, -0.2) is 13.1 Å². The van der Waals surface area contributed by atoms with Crippen LogP contribution in [0.4, 0.5) is 11.4 Å². The normalized spacial score (nSPS) is 15.6. The third kappa shape index (κ3) is 4.97. The maximum atomic E-state index is 12.7. The maximum Gasteiger partial charge on any atom is 0.240 e. The van der Waals surface area contributed by atoms with Gasteiger partial charge in [0.1, 0.15) is 0 Å². The summed E-state index contributed by atoms with van der Waals surface area (Å²) in [6, 6.07) is 8.76. The second-order valence-electron chi connectivity index (χ2n) is 8.20. The molecule has 166 valence electrons. The highest BCUT2D eigenvalue weighted by molar-refractivity contribution is 7.89. The number of hydrogen-bond donors (Lipinski definition) is 2. The lowest BCUT2D eigenvalue weighted by Gasteiger charge is -2.20. The Bertz CT molecular complexity index is 1120. The zero-order valence-corrected chi connectivity index (χ0v) is 19.4. The Labute approximate surface area is 183 Å². The summed E-state index contributed by atoms with van der Waals surface area (Å²) in [4.78, 5) is 26.0. The molecule has 1 aliphatic rings. The summed E-state index contributed by atoms with van der Waals surface area (Å²) in [5.41, 5.74) is 5.41. The van der Waals surface area contributed by atoms with E-state index in [9.17, 15) is 18.0 Å². The molecular formula is C23H29N3O4S. The van der Waals surface area contributed by atoms with Gasteiger partial charge in [-0.15, -0.1) is 0 Å². The van der Waals surface area contributed by atoms with E-state index in [4.69, 9.17) is 0 Å². The van der Waals surface area contributed by atoms with Crippen molar-refractivity contribution in [2.75, 3.05) is 16.8 Å². The first-order valence-corrected chi connectivity index (χ1v) is 11.8. The molecule has 0 spiro atoms. The molecule has 2 aromatic rings. The van der Waals surface area contributed by atoms with Gasteiger partial charge in [-0.3, -0.25) is 9.59 Å². The first kappa shape index (κ1) is 23.0. The Morgan fingerprint density at radius 2 is 1.74 bits per heavy atom. The monoisotopic (exact) mass is 443 g/mol. The van der Waals surface area contributed by atoms with Crippen molar-refractivity contribution < 1.29 is 18.0 Å². The van der Waals surface area contributed by atoms with Crippen molar-refractivity contribution in [3.8, 4) is 0 Å². The van der Waals surface area contributed by atoms with Gasteiger partial charge in [-0.2, -0.15) is 0 Å². The first-order chi connectivity index (χ1) is 14.5. The van der Waals surface area contributed by atoms with Crippen LogP contribution in [-0.2, 0) is 26.0 Å². The molecule has 0 fully saturated rings. The fourth-order valence-corrected chi connectivity index (χ4v) is 5.30. The van der Waals surface area contributed by atoms with Gasteiger partial charge in [0.25, 0.3) is 0 Å². The van der Waals surface area contributed by atoms with Gasteiger partial charge in [-0.1, -0.05) is 17.7 Å². The average molecular weight is 444 g/mol. The summed E-state index contributed by atoms with van der Waals surface area (Å²) in [7, 11) is -3.76. The van der Waals surface area contributed by atoms with Crippen LogP contribution < -0.4 is 14.9 Å². The minimum atomic E-state index is -3.76. The van der Waals surface area contributed by atoms with E-state index < -0.39 is 10.0 Å². The van der Waals surface area contributed by atoms with Crippen LogP contribution in [-0.4, -0.2) is 32.8 Å². The number of sulfonamides is 1. The highest BCUT2D eigenvalue weighted by atomic mass is 32.2. The fraction of sp³-hybridized carbons (Fsp3) is 0.391. The Balaban J connectivity index is 1.63. The lowest BCUT2D eigenvalue weighted by atomic mass is 10.1. The average Bonchev–Trinajstić information content (AvgIpc) is 2.99. The molecule has 8 heteroatoms. The summed E-state index contributed by atoms with van der Waals surface area (Å²) in [6.07, 6.45) is 0.627. The molecule has 0 radical (unpaired) electrons. The highest BCUT2D eigenvalue weighted by Crippen LogP contribution is 2.33. The molecule has 1 heterocycles. The molecule has 0 saturated carbocycles. The number of amides is 2. The van der Waals surface area contributed by atoms with Gasteiger partial charge < -0.3 is 10.2 Å². The second-order valence-corrected chi connectivity index (χ2v) is 9.97. The van der Waals surface area contributed by atoms with Crippen molar-refractivity contribution in [2.45, 2.75) is 58.4 Å². The van der Waals surface area contributed by atoms with Crippen molar-refractivity contribution in [2.24, 2.45) is 0 Å².